The van der Waals surface area contributed by atoms with E-state index in [-0.39, 0.29) is 18.3 Å². The predicted molar refractivity (Wildman–Crippen MR) is 134 cm³/mol. The Bertz CT molecular complexity index is 1340. The molecule has 0 spiro atoms. The van der Waals surface area contributed by atoms with Crippen LogP contribution in [0.1, 0.15) is 54.3 Å². The number of hydrogen-bond acceptors (Lipinski definition) is 5. The van der Waals surface area contributed by atoms with E-state index < -0.39 is 17.7 Å². The standard InChI is InChI=1S/C26H24F3NO3S2/c1-14(2)23-24(35-25(30-23)16-4-6-18(7-5-16)26(27,28)29)15(3)12-33-19-8-9-20-17(10-22(31)32)13-34-21(20)11-19/h4-9,11,13-15H,10,12H2,1-3H3,(H,31,32)/t15-/m1/s1. The fraction of sp³-hybridized carbons (Fsp3) is 0.308. The fourth-order valence-corrected chi connectivity index (χ4v) is 6.04. The molecule has 35 heavy (non-hydrogen) atoms. The molecule has 2 aromatic carbocycles. The number of ether oxygens (including phenoxy) is 1. The van der Waals surface area contributed by atoms with E-state index >= 15 is 0 Å². The van der Waals surface area contributed by atoms with Gasteiger partial charge in [-0.2, -0.15) is 13.2 Å². The Balaban J connectivity index is 1.51. The van der Waals surface area contributed by atoms with Gasteiger partial charge in [0.25, 0.3) is 0 Å². The smallest absolute Gasteiger partial charge is 0.416 e. The molecular formula is C26H24F3NO3S2. The lowest BCUT2D eigenvalue weighted by molar-refractivity contribution is -0.138. The minimum absolute atomic E-state index is 0.0120. The second kappa shape index (κ2) is 9.99. The van der Waals surface area contributed by atoms with Crippen molar-refractivity contribution in [1.82, 2.24) is 4.98 Å². The van der Waals surface area contributed by atoms with E-state index in [0.717, 1.165) is 38.4 Å². The van der Waals surface area contributed by atoms with Crippen molar-refractivity contribution in [2.45, 2.75) is 45.2 Å². The molecule has 0 aliphatic rings. The molecule has 0 aliphatic heterocycles. The van der Waals surface area contributed by atoms with E-state index in [2.05, 4.69) is 0 Å². The van der Waals surface area contributed by atoms with Crippen LogP contribution in [0, 0.1) is 0 Å². The highest BCUT2D eigenvalue weighted by molar-refractivity contribution is 7.17. The summed E-state index contributed by atoms with van der Waals surface area (Å²) in [7, 11) is 0. The van der Waals surface area contributed by atoms with Gasteiger partial charge in [0, 0.05) is 21.1 Å². The molecule has 2 aromatic heterocycles. The molecule has 0 amide bonds. The number of fused-ring (bicyclic) bond motifs is 1. The van der Waals surface area contributed by atoms with Gasteiger partial charge in [0.05, 0.1) is 24.3 Å². The van der Waals surface area contributed by atoms with Crippen LogP contribution in [0.3, 0.4) is 0 Å². The molecule has 1 atom stereocenters. The summed E-state index contributed by atoms with van der Waals surface area (Å²) in [5.41, 5.74) is 1.69. The highest BCUT2D eigenvalue weighted by Crippen LogP contribution is 2.38. The van der Waals surface area contributed by atoms with Crippen molar-refractivity contribution in [2.75, 3.05) is 6.61 Å². The quantitative estimate of drug-likeness (QED) is 0.256. The second-order valence-electron chi connectivity index (χ2n) is 8.70. The van der Waals surface area contributed by atoms with Gasteiger partial charge >= 0.3 is 12.1 Å². The molecule has 4 aromatic rings. The average Bonchev–Trinajstić information content (AvgIpc) is 3.41. The Morgan fingerprint density at radius 3 is 2.46 bits per heavy atom. The normalized spacial score (nSPS) is 12.9. The molecule has 0 fully saturated rings. The van der Waals surface area contributed by atoms with Gasteiger partial charge < -0.3 is 9.84 Å². The molecule has 0 saturated carbocycles. The van der Waals surface area contributed by atoms with Crippen molar-refractivity contribution in [3.8, 4) is 16.3 Å². The zero-order chi connectivity index (χ0) is 25.3. The van der Waals surface area contributed by atoms with Gasteiger partial charge in [0.2, 0.25) is 0 Å². The monoisotopic (exact) mass is 519 g/mol. The predicted octanol–water partition coefficient (Wildman–Crippen LogP) is 7.98. The number of rotatable bonds is 8. The number of halogens is 3. The lowest BCUT2D eigenvalue weighted by Gasteiger charge is -2.14. The summed E-state index contributed by atoms with van der Waals surface area (Å²) in [4.78, 5) is 16.8. The van der Waals surface area contributed by atoms with Crippen LogP contribution < -0.4 is 4.74 Å². The van der Waals surface area contributed by atoms with Crippen LogP contribution in [0.15, 0.2) is 47.8 Å². The number of thiophene rings is 1. The lowest BCUT2D eigenvalue weighted by Crippen LogP contribution is -2.08. The summed E-state index contributed by atoms with van der Waals surface area (Å²) in [6, 6.07) is 10.7. The number of hydrogen-bond donors (Lipinski definition) is 1. The van der Waals surface area contributed by atoms with Gasteiger partial charge in [-0.05, 0) is 52.6 Å². The summed E-state index contributed by atoms with van der Waals surface area (Å²) in [6.07, 6.45) is -4.38. The van der Waals surface area contributed by atoms with Gasteiger partial charge in [0.1, 0.15) is 10.8 Å². The molecule has 2 heterocycles. The number of aromatic nitrogens is 1. The highest BCUT2D eigenvalue weighted by atomic mass is 32.1. The Labute approximate surface area is 209 Å². The number of aliphatic carboxylic acids is 1. The molecule has 184 valence electrons. The maximum absolute atomic E-state index is 12.9. The van der Waals surface area contributed by atoms with Gasteiger partial charge in [-0.25, -0.2) is 4.98 Å². The van der Waals surface area contributed by atoms with Gasteiger partial charge in [-0.3, -0.25) is 4.79 Å². The van der Waals surface area contributed by atoms with Crippen molar-refractivity contribution in [3.05, 3.63) is 69.5 Å². The molecule has 0 radical (unpaired) electrons. The van der Waals surface area contributed by atoms with E-state index in [4.69, 9.17) is 14.8 Å². The number of benzene rings is 2. The largest absolute Gasteiger partial charge is 0.493 e. The van der Waals surface area contributed by atoms with Gasteiger partial charge in [0.15, 0.2) is 0 Å². The maximum Gasteiger partial charge on any atom is 0.416 e. The van der Waals surface area contributed by atoms with Crippen LogP contribution in [-0.2, 0) is 17.4 Å². The molecule has 0 unspecified atom stereocenters. The number of carboxylic acid groups (broad SMARTS) is 1. The van der Waals surface area contributed by atoms with Crippen molar-refractivity contribution >= 4 is 38.7 Å². The van der Waals surface area contributed by atoms with Crippen molar-refractivity contribution in [3.63, 3.8) is 0 Å². The zero-order valence-electron chi connectivity index (χ0n) is 19.3. The third-order valence-electron chi connectivity index (χ3n) is 5.60. The van der Waals surface area contributed by atoms with Crippen LogP contribution in [0.5, 0.6) is 5.75 Å². The minimum Gasteiger partial charge on any atom is -0.493 e. The van der Waals surface area contributed by atoms with E-state index in [1.165, 1.54) is 34.8 Å². The van der Waals surface area contributed by atoms with Crippen LogP contribution in [0.4, 0.5) is 13.2 Å². The molecular weight excluding hydrogens is 495 g/mol. The third kappa shape index (κ3) is 5.67. The molecule has 1 N–H and O–H groups in total. The fourth-order valence-electron chi connectivity index (χ4n) is 3.79. The van der Waals surface area contributed by atoms with Crippen molar-refractivity contribution < 1.29 is 27.8 Å². The van der Waals surface area contributed by atoms with Gasteiger partial charge in [-0.1, -0.05) is 32.9 Å². The van der Waals surface area contributed by atoms with Crippen LogP contribution >= 0.6 is 22.7 Å². The van der Waals surface area contributed by atoms with E-state index in [1.54, 1.807) is 0 Å². The van der Waals surface area contributed by atoms with Crippen molar-refractivity contribution in [1.29, 1.82) is 0 Å². The van der Waals surface area contributed by atoms with E-state index in [9.17, 15) is 18.0 Å². The highest BCUT2D eigenvalue weighted by Gasteiger charge is 2.30. The number of carboxylic acids is 1. The Morgan fingerprint density at radius 1 is 1.11 bits per heavy atom. The first-order valence-electron chi connectivity index (χ1n) is 11.1. The summed E-state index contributed by atoms with van der Waals surface area (Å²) < 4.78 is 45.8. The van der Waals surface area contributed by atoms with Crippen LogP contribution in [0.25, 0.3) is 20.7 Å². The van der Waals surface area contributed by atoms with Gasteiger partial charge in [-0.15, -0.1) is 22.7 Å². The maximum atomic E-state index is 12.9. The topological polar surface area (TPSA) is 59.4 Å². The number of carbonyl (C=O) groups is 1. The molecule has 9 heteroatoms. The minimum atomic E-state index is -4.37. The summed E-state index contributed by atoms with van der Waals surface area (Å²) >= 11 is 2.97. The Kier molecular flexibility index (Phi) is 7.19. The lowest BCUT2D eigenvalue weighted by atomic mass is 10.0. The second-order valence-corrected chi connectivity index (χ2v) is 10.6. The molecule has 0 aliphatic carbocycles. The summed E-state index contributed by atoms with van der Waals surface area (Å²) in [5, 5.41) is 12.5. The Hall–Kier alpha value is -2.91. The van der Waals surface area contributed by atoms with E-state index in [1.807, 2.05) is 44.4 Å². The number of thiazole rings is 1. The van der Waals surface area contributed by atoms with Crippen LogP contribution in [0.2, 0.25) is 0 Å². The summed E-state index contributed by atoms with van der Waals surface area (Å²) in [5.74, 6) is 0.0170. The van der Waals surface area contributed by atoms with Crippen LogP contribution in [-0.4, -0.2) is 22.7 Å². The molecule has 0 bridgehead atoms. The first-order chi connectivity index (χ1) is 16.5. The first-order valence-corrected chi connectivity index (χ1v) is 12.8. The molecule has 0 saturated heterocycles. The third-order valence-corrected chi connectivity index (χ3v) is 7.95. The number of alkyl halides is 3. The van der Waals surface area contributed by atoms with E-state index in [0.29, 0.717) is 22.9 Å². The SMILES string of the molecule is CC(C)c1nc(-c2ccc(C(F)(F)F)cc2)sc1[C@H](C)COc1ccc2c(CC(=O)O)csc2c1. The average molecular weight is 520 g/mol. The summed E-state index contributed by atoms with van der Waals surface area (Å²) in [6.45, 7) is 6.54. The zero-order valence-corrected chi connectivity index (χ0v) is 21.0. The molecule has 4 rings (SSSR count). The Morgan fingerprint density at radius 2 is 1.83 bits per heavy atom. The first kappa shape index (κ1) is 25.2. The molecule has 4 nitrogen and oxygen atoms in total. The van der Waals surface area contributed by atoms with Crippen molar-refractivity contribution in [2.24, 2.45) is 0 Å². The number of nitrogens with zero attached hydrogens (tertiary/aromatic N) is 1.